The molecular weight excluding hydrogens is 470 g/mol. The van der Waals surface area contributed by atoms with Crippen molar-refractivity contribution in [1.29, 1.82) is 0 Å². The van der Waals surface area contributed by atoms with Crippen LogP contribution in [0.25, 0.3) is 0 Å². The highest BCUT2D eigenvalue weighted by atomic mass is 35.5. The molecule has 3 aromatic carbocycles. The normalized spacial score (nSPS) is 15.2. The molecule has 0 radical (unpaired) electrons. The van der Waals surface area contributed by atoms with Crippen molar-refractivity contribution >= 4 is 23.7 Å². The predicted octanol–water partition coefficient (Wildman–Crippen LogP) is 5.64. The monoisotopic (exact) mass is 495 g/mol. The van der Waals surface area contributed by atoms with Gasteiger partial charge >= 0.3 is 12.1 Å². The van der Waals surface area contributed by atoms with E-state index in [0.717, 1.165) is 27.8 Å². The van der Waals surface area contributed by atoms with Gasteiger partial charge in [-0.15, -0.1) is 5.06 Å². The van der Waals surface area contributed by atoms with Gasteiger partial charge in [-0.1, -0.05) is 54.1 Å². The first-order valence-electron chi connectivity index (χ1n) is 11.2. The molecule has 0 fully saturated rings. The molecule has 0 saturated heterocycles. The molecule has 1 unspecified atom stereocenters. The molecule has 0 saturated carbocycles. The van der Waals surface area contributed by atoms with Gasteiger partial charge in [0, 0.05) is 17.1 Å². The number of benzene rings is 3. The number of halogens is 1. The minimum absolute atomic E-state index is 0.0938. The third-order valence-electron chi connectivity index (χ3n) is 6.03. The first kappa shape index (κ1) is 24.6. The molecule has 1 atom stereocenters. The summed E-state index contributed by atoms with van der Waals surface area (Å²) in [6, 6.07) is 18.1. The molecule has 0 bridgehead atoms. The van der Waals surface area contributed by atoms with E-state index < -0.39 is 24.8 Å². The van der Waals surface area contributed by atoms with Gasteiger partial charge < -0.3 is 19.4 Å². The van der Waals surface area contributed by atoms with Crippen molar-refractivity contribution in [3.63, 3.8) is 0 Å². The van der Waals surface area contributed by atoms with Gasteiger partial charge in [-0.2, -0.15) is 0 Å². The Kier molecular flexibility index (Phi) is 7.58. The number of hydroxylamine groups is 2. The summed E-state index contributed by atoms with van der Waals surface area (Å²) in [6.07, 6.45) is -0.171. The average Bonchev–Trinajstić information content (AvgIpc) is 2.82. The number of aryl methyl sites for hydroxylation is 2. The van der Waals surface area contributed by atoms with Crippen LogP contribution in [0.15, 0.2) is 60.7 Å². The molecule has 0 aliphatic carbocycles. The van der Waals surface area contributed by atoms with Crippen LogP contribution in [0.4, 0.5) is 4.79 Å². The second-order valence-corrected chi connectivity index (χ2v) is 8.79. The molecular formula is C27H26ClNO6. The van der Waals surface area contributed by atoms with Crippen molar-refractivity contribution in [3.8, 4) is 5.75 Å². The minimum Gasteiger partial charge on any atom is -0.482 e. The third kappa shape index (κ3) is 5.75. The Morgan fingerprint density at radius 1 is 1.03 bits per heavy atom. The predicted molar refractivity (Wildman–Crippen MR) is 130 cm³/mol. The molecule has 7 nitrogen and oxygen atoms in total. The summed E-state index contributed by atoms with van der Waals surface area (Å²) in [4.78, 5) is 29.6. The molecule has 8 heteroatoms. The Bertz CT molecular complexity index is 1220. The number of nitrogens with zero attached hydrogens (tertiary/aromatic N) is 1. The maximum absolute atomic E-state index is 12.7. The molecule has 1 heterocycles. The van der Waals surface area contributed by atoms with Crippen molar-refractivity contribution in [2.75, 3.05) is 13.2 Å². The lowest BCUT2D eigenvalue weighted by molar-refractivity contribution is -0.152. The number of carbonyl (C=O) groups excluding carboxylic acids is 1. The summed E-state index contributed by atoms with van der Waals surface area (Å²) in [6.45, 7) is 3.92. The molecule has 182 valence electrons. The van der Waals surface area contributed by atoms with Crippen LogP contribution in [0.2, 0.25) is 5.02 Å². The Balaban J connectivity index is 1.62. The summed E-state index contributed by atoms with van der Waals surface area (Å²) in [5.74, 6) is -0.755. The van der Waals surface area contributed by atoms with Crippen molar-refractivity contribution < 1.29 is 29.0 Å². The van der Waals surface area contributed by atoms with Gasteiger partial charge in [-0.05, 0) is 66.3 Å². The molecule has 35 heavy (non-hydrogen) atoms. The lowest BCUT2D eigenvalue weighted by Gasteiger charge is -2.36. The fraction of sp³-hybridized carbons (Fsp3) is 0.259. The zero-order valence-corrected chi connectivity index (χ0v) is 20.2. The lowest BCUT2D eigenvalue weighted by atomic mass is 9.89. The fourth-order valence-electron chi connectivity index (χ4n) is 4.30. The summed E-state index contributed by atoms with van der Waals surface area (Å²) in [7, 11) is 0. The number of carboxylic acids is 1. The third-order valence-corrected chi connectivity index (χ3v) is 6.26. The highest BCUT2D eigenvalue weighted by Gasteiger charge is 2.34. The second kappa shape index (κ2) is 10.8. The minimum atomic E-state index is -1.10. The van der Waals surface area contributed by atoms with Gasteiger partial charge in [0.05, 0.1) is 6.04 Å². The molecule has 4 rings (SSSR count). The largest absolute Gasteiger partial charge is 0.528 e. The van der Waals surface area contributed by atoms with Crippen LogP contribution in [0.5, 0.6) is 5.75 Å². The Morgan fingerprint density at radius 3 is 2.51 bits per heavy atom. The van der Waals surface area contributed by atoms with E-state index in [4.69, 9.17) is 31.0 Å². The number of carbonyl (C=O) groups is 2. The zero-order chi connectivity index (χ0) is 24.9. The number of hydrogen-bond donors (Lipinski definition) is 1. The Morgan fingerprint density at radius 2 is 1.77 bits per heavy atom. The maximum Gasteiger partial charge on any atom is 0.528 e. The molecule has 0 amide bonds. The lowest BCUT2D eigenvalue weighted by Crippen LogP contribution is -2.38. The van der Waals surface area contributed by atoms with Gasteiger partial charge in [0.2, 0.25) is 0 Å². The molecule has 1 aliphatic rings. The smallest absolute Gasteiger partial charge is 0.482 e. The summed E-state index contributed by atoms with van der Waals surface area (Å²) >= 11 is 6.30. The van der Waals surface area contributed by atoms with Crippen LogP contribution in [0, 0.1) is 13.8 Å². The van der Waals surface area contributed by atoms with Crippen molar-refractivity contribution in [2.45, 2.75) is 32.9 Å². The van der Waals surface area contributed by atoms with Crippen molar-refractivity contribution in [2.24, 2.45) is 0 Å². The van der Waals surface area contributed by atoms with Crippen LogP contribution in [-0.2, 0) is 27.4 Å². The van der Waals surface area contributed by atoms with Crippen molar-refractivity contribution in [3.05, 3.63) is 99.1 Å². The van der Waals surface area contributed by atoms with Crippen LogP contribution in [0.1, 0.15) is 39.4 Å². The van der Waals surface area contributed by atoms with E-state index in [1.54, 1.807) is 18.2 Å². The zero-order valence-electron chi connectivity index (χ0n) is 19.5. The molecule has 0 spiro atoms. The topological polar surface area (TPSA) is 85.3 Å². The van der Waals surface area contributed by atoms with E-state index in [1.807, 2.05) is 56.3 Å². The van der Waals surface area contributed by atoms with Crippen LogP contribution in [-0.4, -0.2) is 35.4 Å². The maximum atomic E-state index is 12.7. The van der Waals surface area contributed by atoms with Gasteiger partial charge in [0.1, 0.15) is 12.4 Å². The van der Waals surface area contributed by atoms with Crippen LogP contribution < -0.4 is 4.74 Å². The van der Waals surface area contributed by atoms with E-state index in [0.29, 0.717) is 29.3 Å². The van der Waals surface area contributed by atoms with Crippen LogP contribution >= 0.6 is 11.6 Å². The first-order chi connectivity index (χ1) is 16.8. The fourth-order valence-corrected chi connectivity index (χ4v) is 4.48. The van der Waals surface area contributed by atoms with E-state index >= 15 is 0 Å². The summed E-state index contributed by atoms with van der Waals surface area (Å²) in [5, 5.41) is 11.1. The number of carboxylic acid groups (broad SMARTS) is 1. The van der Waals surface area contributed by atoms with Gasteiger partial charge in [0.25, 0.3) is 0 Å². The standard InChI is InChI=1S/C27H26ClNO6/c1-17-6-5-7-18(2)23(17)15-34-27(32)35-29-13-12-19-8-3-4-9-21(19)26(29)22-14-20(28)10-11-24(22)33-16-25(30)31/h3-11,14,26H,12-13,15-16H2,1-2H3,(H,30,31). The quantitative estimate of drug-likeness (QED) is 0.425. The van der Waals surface area contributed by atoms with Gasteiger partial charge in [-0.3, -0.25) is 0 Å². The summed E-state index contributed by atoms with van der Waals surface area (Å²) in [5.41, 5.74) is 5.58. The van der Waals surface area contributed by atoms with Crippen LogP contribution in [0.3, 0.4) is 0 Å². The summed E-state index contributed by atoms with van der Waals surface area (Å²) < 4.78 is 11.0. The Labute approximate surface area is 208 Å². The molecule has 0 aromatic heterocycles. The molecule has 1 aliphatic heterocycles. The van der Waals surface area contributed by atoms with Gasteiger partial charge in [-0.25, -0.2) is 9.59 Å². The number of ether oxygens (including phenoxy) is 2. The number of rotatable bonds is 7. The molecule has 1 N–H and O–H groups in total. The second-order valence-electron chi connectivity index (χ2n) is 8.36. The van der Waals surface area contributed by atoms with E-state index in [-0.39, 0.29) is 6.61 Å². The highest BCUT2D eigenvalue weighted by Crippen LogP contribution is 2.40. The van der Waals surface area contributed by atoms with E-state index in [9.17, 15) is 9.59 Å². The molecule has 3 aromatic rings. The number of hydrogen-bond acceptors (Lipinski definition) is 6. The number of aliphatic carboxylic acids is 1. The van der Waals surface area contributed by atoms with E-state index in [2.05, 4.69) is 0 Å². The average molecular weight is 496 g/mol. The van der Waals surface area contributed by atoms with Crippen molar-refractivity contribution in [1.82, 2.24) is 5.06 Å². The Hall–Kier alpha value is -3.55. The highest BCUT2D eigenvalue weighted by molar-refractivity contribution is 6.30. The van der Waals surface area contributed by atoms with Gasteiger partial charge in [0.15, 0.2) is 6.61 Å². The number of fused-ring (bicyclic) bond motifs is 1. The van der Waals surface area contributed by atoms with E-state index in [1.165, 1.54) is 5.06 Å². The first-order valence-corrected chi connectivity index (χ1v) is 11.6. The SMILES string of the molecule is Cc1cccc(C)c1COC(=O)ON1CCc2ccccc2C1c1cc(Cl)ccc1OCC(=O)O.